The van der Waals surface area contributed by atoms with Crippen LogP contribution in [0.5, 0.6) is 5.88 Å². The van der Waals surface area contributed by atoms with E-state index >= 15 is 0 Å². The molecule has 7 nitrogen and oxygen atoms in total. The molecule has 0 spiro atoms. The van der Waals surface area contributed by atoms with Crippen LogP contribution in [0.25, 0.3) is 5.69 Å². The van der Waals surface area contributed by atoms with Gasteiger partial charge in [-0.05, 0) is 43.7 Å². The lowest BCUT2D eigenvalue weighted by atomic mass is 9.94. The van der Waals surface area contributed by atoms with E-state index < -0.39 is 0 Å². The summed E-state index contributed by atoms with van der Waals surface area (Å²) in [5.74, 6) is 0.721. The van der Waals surface area contributed by atoms with Gasteiger partial charge in [0.15, 0.2) is 0 Å². The summed E-state index contributed by atoms with van der Waals surface area (Å²) in [6.45, 7) is 5.30. The summed E-state index contributed by atoms with van der Waals surface area (Å²) in [6, 6.07) is 25.8. The average Bonchev–Trinajstić information content (AvgIpc) is 3.47. The van der Waals surface area contributed by atoms with Gasteiger partial charge in [0.25, 0.3) is 0 Å². The van der Waals surface area contributed by atoms with E-state index in [9.17, 15) is 9.18 Å². The third kappa shape index (κ3) is 5.14. The zero-order chi connectivity index (χ0) is 25.8. The summed E-state index contributed by atoms with van der Waals surface area (Å²) in [5.41, 5.74) is 3.17. The molecule has 8 heteroatoms. The number of anilines is 2. The van der Waals surface area contributed by atoms with E-state index in [4.69, 9.17) is 4.74 Å². The molecule has 5 rings (SSSR count). The maximum absolute atomic E-state index is 14.6. The molecule has 4 aromatic rings. The van der Waals surface area contributed by atoms with Crippen LogP contribution in [0.2, 0.25) is 0 Å². The van der Waals surface area contributed by atoms with Crippen LogP contribution in [-0.4, -0.2) is 41.5 Å². The number of benzene rings is 3. The van der Waals surface area contributed by atoms with Crippen LogP contribution in [0.15, 0.2) is 84.9 Å². The molecule has 0 unspecified atom stereocenters. The number of carbonyl (C=O) groups is 1. The summed E-state index contributed by atoms with van der Waals surface area (Å²) in [5, 5.41) is 10.7. The predicted molar refractivity (Wildman–Crippen MR) is 143 cm³/mol. The fourth-order valence-corrected chi connectivity index (χ4v) is 4.86. The predicted octanol–water partition coefficient (Wildman–Crippen LogP) is 5.51. The molecular formula is C29H30FN5O2. The fourth-order valence-electron chi connectivity index (χ4n) is 4.86. The number of para-hydroxylation sites is 2. The molecule has 190 valence electrons. The molecule has 1 aliphatic rings. The highest BCUT2D eigenvalue weighted by Crippen LogP contribution is 2.33. The van der Waals surface area contributed by atoms with E-state index in [2.05, 4.69) is 15.7 Å². The standard InChI is InChI=1S/C29H30FN5O2/c1-3-37-28-20(2)27(35(33-28)22-14-8-5-9-15-22)32-29(36)31-25-19-34(26-17-11-10-16-24(26)30)18-23(25)21-12-6-4-7-13-21/h4-17,23,25H,3,18-19H2,1-2H3,(H2,31,32,36)/t23-,25+/m0/s1. The fraction of sp³-hybridized carbons (Fsp3) is 0.241. The van der Waals surface area contributed by atoms with Crippen LogP contribution in [-0.2, 0) is 0 Å². The molecule has 1 aromatic heterocycles. The summed E-state index contributed by atoms with van der Waals surface area (Å²) in [7, 11) is 0. The van der Waals surface area contributed by atoms with Crippen molar-refractivity contribution in [2.45, 2.75) is 25.8 Å². The van der Waals surface area contributed by atoms with Crippen molar-refractivity contribution >= 4 is 17.5 Å². The molecule has 0 bridgehead atoms. The Hall–Kier alpha value is -4.33. The summed E-state index contributed by atoms with van der Waals surface area (Å²) in [4.78, 5) is 15.4. The Morgan fingerprint density at radius 3 is 2.38 bits per heavy atom. The van der Waals surface area contributed by atoms with Crippen molar-refractivity contribution in [2.24, 2.45) is 0 Å². The second kappa shape index (κ2) is 10.7. The molecule has 37 heavy (non-hydrogen) atoms. The first-order chi connectivity index (χ1) is 18.0. The summed E-state index contributed by atoms with van der Waals surface area (Å²) >= 11 is 0. The first kappa shape index (κ1) is 24.4. The zero-order valence-corrected chi connectivity index (χ0v) is 20.9. The van der Waals surface area contributed by atoms with Crippen molar-refractivity contribution in [1.29, 1.82) is 0 Å². The molecule has 1 aliphatic heterocycles. The van der Waals surface area contributed by atoms with Crippen molar-refractivity contribution in [2.75, 3.05) is 29.9 Å². The van der Waals surface area contributed by atoms with Gasteiger partial charge in [-0.15, -0.1) is 5.10 Å². The van der Waals surface area contributed by atoms with Gasteiger partial charge >= 0.3 is 6.03 Å². The Bertz CT molecular complexity index is 1360. The summed E-state index contributed by atoms with van der Waals surface area (Å²) < 4.78 is 22.0. The third-order valence-corrected chi connectivity index (χ3v) is 6.65. The van der Waals surface area contributed by atoms with Crippen molar-refractivity contribution in [3.8, 4) is 11.6 Å². The van der Waals surface area contributed by atoms with Crippen LogP contribution in [0.1, 0.15) is 24.0 Å². The Morgan fingerprint density at radius 2 is 1.68 bits per heavy atom. The smallest absolute Gasteiger partial charge is 0.320 e. The molecule has 0 saturated carbocycles. The average molecular weight is 500 g/mol. The van der Waals surface area contributed by atoms with Crippen LogP contribution in [0.4, 0.5) is 20.7 Å². The van der Waals surface area contributed by atoms with Crippen molar-refractivity contribution < 1.29 is 13.9 Å². The second-order valence-electron chi connectivity index (χ2n) is 9.04. The number of halogens is 1. The van der Waals surface area contributed by atoms with Gasteiger partial charge in [-0.2, -0.15) is 0 Å². The topological polar surface area (TPSA) is 71.4 Å². The van der Waals surface area contributed by atoms with Crippen LogP contribution < -0.4 is 20.3 Å². The molecule has 3 aromatic carbocycles. The summed E-state index contributed by atoms with van der Waals surface area (Å²) in [6.07, 6.45) is 0. The molecule has 1 fully saturated rings. The van der Waals surface area contributed by atoms with Gasteiger partial charge in [0.2, 0.25) is 5.88 Å². The van der Waals surface area contributed by atoms with E-state index in [1.54, 1.807) is 16.8 Å². The van der Waals surface area contributed by atoms with Crippen molar-refractivity contribution in [3.63, 3.8) is 0 Å². The minimum absolute atomic E-state index is 0.00864. The molecule has 1 saturated heterocycles. The number of amides is 2. The van der Waals surface area contributed by atoms with Crippen LogP contribution >= 0.6 is 0 Å². The van der Waals surface area contributed by atoms with Gasteiger partial charge in [-0.3, -0.25) is 5.32 Å². The SMILES string of the molecule is CCOc1nn(-c2ccccc2)c(NC(=O)N[C@@H]2CN(c3ccccc3F)C[C@H]2c2ccccc2)c1C. The highest BCUT2D eigenvalue weighted by atomic mass is 19.1. The van der Waals surface area contributed by atoms with E-state index in [0.717, 1.165) is 16.8 Å². The minimum Gasteiger partial charge on any atom is -0.477 e. The lowest BCUT2D eigenvalue weighted by Gasteiger charge is -2.20. The number of nitrogens with zero attached hydrogens (tertiary/aromatic N) is 3. The highest BCUT2D eigenvalue weighted by Gasteiger charge is 2.36. The quantitative estimate of drug-likeness (QED) is 0.352. The third-order valence-electron chi connectivity index (χ3n) is 6.65. The Kier molecular flexibility index (Phi) is 7.07. The lowest BCUT2D eigenvalue weighted by molar-refractivity contribution is 0.248. The van der Waals surface area contributed by atoms with Gasteiger partial charge in [-0.1, -0.05) is 60.7 Å². The zero-order valence-electron chi connectivity index (χ0n) is 20.9. The molecule has 2 atom stereocenters. The Labute approximate surface area is 215 Å². The second-order valence-corrected chi connectivity index (χ2v) is 9.04. The van der Waals surface area contributed by atoms with Gasteiger partial charge < -0.3 is 15.0 Å². The number of aromatic nitrogens is 2. The number of nitrogens with one attached hydrogen (secondary N) is 2. The number of hydrogen-bond donors (Lipinski definition) is 2. The Morgan fingerprint density at radius 1 is 1.00 bits per heavy atom. The molecule has 0 aliphatic carbocycles. The lowest BCUT2D eigenvalue weighted by Crippen LogP contribution is -2.42. The van der Waals surface area contributed by atoms with Gasteiger partial charge in [0.05, 0.1) is 29.6 Å². The molecule has 2 N–H and O–H groups in total. The number of urea groups is 1. The van der Waals surface area contributed by atoms with Gasteiger partial charge in [0, 0.05) is 19.0 Å². The van der Waals surface area contributed by atoms with E-state index in [-0.39, 0.29) is 23.8 Å². The number of ether oxygens (including phenoxy) is 1. The maximum atomic E-state index is 14.6. The van der Waals surface area contributed by atoms with Crippen molar-refractivity contribution in [3.05, 3.63) is 102 Å². The largest absolute Gasteiger partial charge is 0.477 e. The van der Waals surface area contributed by atoms with Crippen molar-refractivity contribution in [1.82, 2.24) is 15.1 Å². The first-order valence-electron chi connectivity index (χ1n) is 12.4. The first-order valence-corrected chi connectivity index (χ1v) is 12.4. The Balaban J connectivity index is 1.40. The van der Waals surface area contributed by atoms with Gasteiger partial charge in [-0.25, -0.2) is 13.9 Å². The number of carbonyl (C=O) groups excluding carboxylic acids is 1. The molecule has 2 amide bonds. The van der Waals surface area contributed by atoms with E-state index in [1.807, 2.05) is 85.5 Å². The number of rotatable bonds is 7. The molecule has 0 radical (unpaired) electrons. The highest BCUT2D eigenvalue weighted by molar-refractivity contribution is 5.90. The van der Waals surface area contributed by atoms with E-state index in [0.29, 0.717) is 37.1 Å². The minimum atomic E-state index is -0.357. The number of hydrogen-bond acceptors (Lipinski definition) is 4. The maximum Gasteiger partial charge on any atom is 0.320 e. The molecule has 2 heterocycles. The normalized spacial score (nSPS) is 17.0. The monoisotopic (exact) mass is 499 g/mol. The molecular weight excluding hydrogens is 469 g/mol. The van der Waals surface area contributed by atoms with Crippen LogP contribution in [0, 0.1) is 12.7 Å². The van der Waals surface area contributed by atoms with Gasteiger partial charge in [0.1, 0.15) is 11.6 Å². The van der Waals surface area contributed by atoms with Crippen LogP contribution in [0.3, 0.4) is 0 Å². The van der Waals surface area contributed by atoms with E-state index in [1.165, 1.54) is 6.07 Å².